The minimum absolute atomic E-state index is 0.526. The number of aliphatic hydroxyl groups is 1. The molecule has 2 N–H and O–H groups in total. The summed E-state index contributed by atoms with van der Waals surface area (Å²) in [5, 5.41) is 12.8. The minimum Gasteiger partial charge on any atom is -0.444 e. The molecule has 1 aliphatic carbocycles. The Kier molecular flexibility index (Phi) is 4.34. The molecule has 1 aromatic rings. The third kappa shape index (κ3) is 3.70. The SMILES string of the molecule is CC(C)(C)OC(=O)N[C@@H]1c2ncc(Br)cc2CC[C@@H]1O. The number of carbonyl (C=O) groups is 1. The number of aromatic nitrogens is 1. The Balaban J connectivity index is 2.17. The molecule has 6 heteroatoms. The Bertz CT molecular complexity index is 514. The van der Waals surface area contributed by atoms with Gasteiger partial charge in [-0.3, -0.25) is 4.98 Å². The molecule has 0 spiro atoms. The van der Waals surface area contributed by atoms with E-state index in [0.29, 0.717) is 12.1 Å². The van der Waals surface area contributed by atoms with E-state index in [9.17, 15) is 9.90 Å². The second-order valence-corrected chi connectivity index (χ2v) is 6.84. The monoisotopic (exact) mass is 342 g/mol. The van der Waals surface area contributed by atoms with Crippen LogP contribution in [0.1, 0.15) is 44.5 Å². The van der Waals surface area contributed by atoms with Crippen molar-refractivity contribution in [2.75, 3.05) is 0 Å². The highest BCUT2D eigenvalue weighted by atomic mass is 79.9. The van der Waals surface area contributed by atoms with Crippen molar-refractivity contribution >= 4 is 22.0 Å². The average Bonchev–Trinajstić information content (AvgIpc) is 2.30. The van der Waals surface area contributed by atoms with Gasteiger partial charge in [0.25, 0.3) is 0 Å². The number of hydrogen-bond acceptors (Lipinski definition) is 4. The molecule has 110 valence electrons. The summed E-state index contributed by atoms with van der Waals surface area (Å²) < 4.78 is 6.12. The van der Waals surface area contributed by atoms with E-state index in [1.165, 1.54) is 0 Å². The number of fused-ring (bicyclic) bond motifs is 1. The lowest BCUT2D eigenvalue weighted by atomic mass is 9.89. The van der Waals surface area contributed by atoms with Crippen molar-refractivity contribution in [3.63, 3.8) is 0 Å². The number of hydrogen-bond donors (Lipinski definition) is 2. The van der Waals surface area contributed by atoms with Gasteiger partial charge in [0.1, 0.15) is 11.6 Å². The van der Waals surface area contributed by atoms with Gasteiger partial charge in [0, 0.05) is 10.7 Å². The maximum Gasteiger partial charge on any atom is 0.408 e. The molecule has 1 aromatic heterocycles. The Labute approximate surface area is 126 Å². The standard InChI is InChI=1S/C14H19BrN2O3/c1-14(2,3)20-13(19)17-12-10(18)5-4-8-6-9(15)7-16-11(8)12/h6-7,10,12,18H,4-5H2,1-3H3,(H,17,19)/t10-,12-/m0/s1. The van der Waals surface area contributed by atoms with Gasteiger partial charge < -0.3 is 15.2 Å². The molecule has 5 nitrogen and oxygen atoms in total. The molecule has 0 unspecified atom stereocenters. The zero-order valence-corrected chi connectivity index (χ0v) is 13.4. The lowest BCUT2D eigenvalue weighted by Gasteiger charge is -2.31. The normalized spacial score (nSPS) is 22.1. The lowest BCUT2D eigenvalue weighted by molar-refractivity contribution is 0.0394. The molecule has 2 atom stereocenters. The molecule has 1 aliphatic rings. The third-order valence-electron chi connectivity index (χ3n) is 3.03. The number of aliphatic hydroxyl groups excluding tert-OH is 1. The van der Waals surface area contributed by atoms with Crippen LogP contribution in [0.3, 0.4) is 0 Å². The zero-order valence-electron chi connectivity index (χ0n) is 11.8. The number of aryl methyl sites for hydroxylation is 1. The Morgan fingerprint density at radius 2 is 2.25 bits per heavy atom. The summed E-state index contributed by atoms with van der Waals surface area (Å²) in [5.74, 6) is 0. The van der Waals surface area contributed by atoms with Crippen LogP contribution in [-0.4, -0.2) is 27.9 Å². The van der Waals surface area contributed by atoms with Crippen molar-refractivity contribution in [2.24, 2.45) is 0 Å². The number of amides is 1. The first-order chi connectivity index (χ1) is 9.26. The minimum atomic E-state index is -0.649. The van der Waals surface area contributed by atoms with Gasteiger partial charge in [0.2, 0.25) is 0 Å². The number of nitrogens with one attached hydrogen (secondary N) is 1. The predicted octanol–water partition coefficient (Wildman–Crippen LogP) is 2.72. The van der Waals surface area contributed by atoms with Gasteiger partial charge >= 0.3 is 6.09 Å². The molecule has 1 amide bonds. The van der Waals surface area contributed by atoms with Crippen molar-refractivity contribution in [2.45, 2.75) is 51.4 Å². The Morgan fingerprint density at radius 3 is 2.90 bits per heavy atom. The summed E-state index contributed by atoms with van der Waals surface area (Å²) in [7, 11) is 0. The summed E-state index contributed by atoms with van der Waals surface area (Å²) in [6, 6.07) is 1.44. The fraction of sp³-hybridized carbons (Fsp3) is 0.571. The molecule has 0 aliphatic heterocycles. The Hall–Kier alpha value is -1.14. The van der Waals surface area contributed by atoms with Gasteiger partial charge in [0.05, 0.1) is 11.8 Å². The fourth-order valence-corrected chi connectivity index (χ4v) is 2.60. The predicted molar refractivity (Wildman–Crippen MR) is 78.4 cm³/mol. The van der Waals surface area contributed by atoms with Crippen LogP contribution in [0.25, 0.3) is 0 Å². The van der Waals surface area contributed by atoms with E-state index in [1.807, 2.05) is 6.07 Å². The molecular weight excluding hydrogens is 324 g/mol. The fourth-order valence-electron chi connectivity index (χ4n) is 2.22. The van der Waals surface area contributed by atoms with E-state index in [-0.39, 0.29) is 0 Å². The zero-order chi connectivity index (χ0) is 14.9. The Morgan fingerprint density at radius 1 is 1.55 bits per heavy atom. The number of ether oxygens (including phenoxy) is 1. The van der Waals surface area contributed by atoms with Crippen LogP contribution in [0.15, 0.2) is 16.7 Å². The number of pyridine rings is 1. The second-order valence-electron chi connectivity index (χ2n) is 5.93. The highest BCUT2D eigenvalue weighted by molar-refractivity contribution is 9.10. The average molecular weight is 343 g/mol. The third-order valence-corrected chi connectivity index (χ3v) is 3.46. The van der Waals surface area contributed by atoms with Crippen molar-refractivity contribution in [3.05, 3.63) is 28.0 Å². The smallest absolute Gasteiger partial charge is 0.408 e. The van der Waals surface area contributed by atoms with Crippen LogP contribution >= 0.6 is 15.9 Å². The number of alkyl carbamates (subject to hydrolysis) is 1. The van der Waals surface area contributed by atoms with Crippen molar-refractivity contribution in [1.29, 1.82) is 0 Å². The van der Waals surface area contributed by atoms with Crippen LogP contribution in [-0.2, 0) is 11.2 Å². The van der Waals surface area contributed by atoms with Crippen molar-refractivity contribution < 1.29 is 14.6 Å². The topological polar surface area (TPSA) is 71.5 Å². The summed E-state index contributed by atoms with van der Waals surface area (Å²) in [6.07, 6.45) is 1.81. The van der Waals surface area contributed by atoms with Gasteiger partial charge in [0.15, 0.2) is 0 Å². The molecule has 0 radical (unpaired) electrons. The first kappa shape index (κ1) is 15.3. The molecule has 0 aromatic carbocycles. The number of nitrogens with zero attached hydrogens (tertiary/aromatic N) is 1. The maximum atomic E-state index is 11.9. The molecular formula is C14H19BrN2O3. The molecule has 1 heterocycles. The highest BCUT2D eigenvalue weighted by Crippen LogP contribution is 2.30. The summed E-state index contributed by atoms with van der Waals surface area (Å²) >= 11 is 3.38. The lowest BCUT2D eigenvalue weighted by Crippen LogP contribution is -2.42. The first-order valence-electron chi connectivity index (χ1n) is 6.58. The number of halogens is 1. The molecule has 0 fully saturated rings. The van der Waals surface area contributed by atoms with Crippen molar-refractivity contribution in [3.8, 4) is 0 Å². The van der Waals surface area contributed by atoms with E-state index < -0.39 is 23.8 Å². The number of carbonyl (C=O) groups excluding carboxylic acids is 1. The quantitative estimate of drug-likeness (QED) is 0.823. The van der Waals surface area contributed by atoms with Crippen LogP contribution in [0.4, 0.5) is 4.79 Å². The molecule has 0 saturated heterocycles. The van der Waals surface area contributed by atoms with E-state index >= 15 is 0 Å². The van der Waals surface area contributed by atoms with Crippen LogP contribution in [0.5, 0.6) is 0 Å². The van der Waals surface area contributed by atoms with Gasteiger partial charge in [-0.2, -0.15) is 0 Å². The molecule has 20 heavy (non-hydrogen) atoms. The largest absolute Gasteiger partial charge is 0.444 e. The van der Waals surface area contributed by atoms with Crippen LogP contribution in [0, 0.1) is 0 Å². The van der Waals surface area contributed by atoms with Gasteiger partial charge in [-0.15, -0.1) is 0 Å². The van der Waals surface area contributed by atoms with E-state index in [4.69, 9.17) is 4.74 Å². The highest BCUT2D eigenvalue weighted by Gasteiger charge is 2.32. The summed E-state index contributed by atoms with van der Waals surface area (Å²) in [5.41, 5.74) is 1.17. The molecule has 0 saturated carbocycles. The number of rotatable bonds is 1. The van der Waals surface area contributed by atoms with Crippen molar-refractivity contribution in [1.82, 2.24) is 10.3 Å². The van der Waals surface area contributed by atoms with Gasteiger partial charge in [-0.1, -0.05) is 0 Å². The summed E-state index contributed by atoms with van der Waals surface area (Å²) in [4.78, 5) is 16.2. The van der Waals surface area contributed by atoms with Crippen LogP contribution in [0.2, 0.25) is 0 Å². The summed E-state index contributed by atoms with van der Waals surface area (Å²) in [6.45, 7) is 5.40. The van der Waals surface area contributed by atoms with E-state index in [1.54, 1.807) is 27.0 Å². The van der Waals surface area contributed by atoms with Gasteiger partial charge in [-0.05, 0) is 61.2 Å². The second kappa shape index (κ2) is 5.69. The molecule has 2 rings (SSSR count). The van der Waals surface area contributed by atoms with Gasteiger partial charge in [-0.25, -0.2) is 4.79 Å². The van der Waals surface area contributed by atoms with E-state index in [2.05, 4.69) is 26.2 Å². The van der Waals surface area contributed by atoms with E-state index in [0.717, 1.165) is 16.5 Å². The molecule has 0 bridgehead atoms. The first-order valence-corrected chi connectivity index (χ1v) is 7.37. The maximum absolute atomic E-state index is 11.9. The van der Waals surface area contributed by atoms with Crippen LogP contribution < -0.4 is 5.32 Å².